The van der Waals surface area contributed by atoms with Gasteiger partial charge in [-0.1, -0.05) is 39.8 Å². The first kappa shape index (κ1) is 19.4. The van der Waals surface area contributed by atoms with E-state index in [4.69, 9.17) is 0 Å². The maximum atomic E-state index is 12.9. The van der Waals surface area contributed by atoms with Crippen molar-refractivity contribution < 1.29 is 13.2 Å². The number of benzene rings is 1. The monoisotopic (exact) mass is 378 g/mol. The molecule has 2 atom stereocenters. The molecule has 1 aromatic rings. The summed E-state index contributed by atoms with van der Waals surface area (Å²) in [5.74, 6) is 1.18. The number of carbonyl (C=O) groups is 1. The van der Waals surface area contributed by atoms with Crippen LogP contribution in [0.4, 0.5) is 5.69 Å². The minimum Gasteiger partial charge on any atom is -0.306 e. The summed E-state index contributed by atoms with van der Waals surface area (Å²) in [6, 6.07) is 7.62. The summed E-state index contributed by atoms with van der Waals surface area (Å²) in [7, 11) is -3.12. The summed E-state index contributed by atoms with van der Waals surface area (Å²) in [6.45, 7) is 9.64. The van der Waals surface area contributed by atoms with E-state index in [0.29, 0.717) is 18.4 Å². The molecule has 0 N–H and O–H groups in total. The van der Waals surface area contributed by atoms with Gasteiger partial charge in [0.2, 0.25) is 5.91 Å². The van der Waals surface area contributed by atoms with Gasteiger partial charge in [-0.15, -0.1) is 0 Å². The third-order valence-electron chi connectivity index (χ3n) is 5.53. The first-order chi connectivity index (χ1) is 12.2. The number of anilines is 1. The van der Waals surface area contributed by atoms with E-state index in [1.807, 2.05) is 24.3 Å². The lowest BCUT2D eigenvalue weighted by atomic mass is 9.99. The van der Waals surface area contributed by atoms with Crippen LogP contribution in [0.2, 0.25) is 0 Å². The smallest absolute Gasteiger partial charge is 0.241 e. The number of nitrogens with zero attached hydrogens (tertiary/aromatic N) is 2. The largest absolute Gasteiger partial charge is 0.306 e. The van der Waals surface area contributed by atoms with E-state index < -0.39 is 9.84 Å². The van der Waals surface area contributed by atoms with Crippen molar-refractivity contribution in [3.63, 3.8) is 0 Å². The van der Waals surface area contributed by atoms with Crippen LogP contribution in [0.3, 0.4) is 0 Å². The van der Waals surface area contributed by atoms with Crippen LogP contribution in [0.25, 0.3) is 0 Å². The Balaban J connectivity index is 1.88. The normalized spacial score (nSPS) is 25.9. The van der Waals surface area contributed by atoms with Gasteiger partial charge in [0.25, 0.3) is 0 Å². The minimum atomic E-state index is -3.12. The van der Waals surface area contributed by atoms with Gasteiger partial charge in [-0.05, 0) is 42.5 Å². The van der Waals surface area contributed by atoms with Crippen LogP contribution in [-0.4, -0.2) is 55.9 Å². The number of fused-ring (bicyclic) bond motifs is 1. The number of amides is 1. The maximum absolute atomic E-state index is 12.9. The Morgan fingerprint density at radius 3 is 2.23 bits per heavy atom. The Hall–Kier alpha value is -1.40. The third kappa shape index (κ3) is 3.96. The Bertz CT molecular complexity index is 756. The molecule has 0 radical (unpaired) electrons. The molecule has 3 rings (SSSR count). The molecule has 1 amide bonds. The molecular formula is C20H30N2O3S. The Morgan fingerprint density at radius 1 is 1.04 bits per heavy atom. The average Bonchev–Trinajstić information content (AvgIpc) is 2.87. The van der Waals surface area contributed by atoms with Gasteiger partial charge >= 0.3 is 0 Å². The lowest BCUT2D eigenvalue weighted by molar-refractivity contribution is -0.123. The molecule has 26 heavy (non-hydrogen) atoms. The molecule has 0 unspecified atom stereocenters. The minimum absolute atomic E-state index is 0.00408. The van der Waals surface area contributed by atoms with Gasteiger partial charge in [0.05, 0.1) is 24.1 Å². The van der Waals surface area contributed by atoms with Gasteiger partial charge in [0, 0.05) is 11.7 Å². The second-order valence-electron chi connectivity index (χ2n) is 8.37. The molecule has 1 aromatic carbocycles. The van der Waals surface area contributed by atoms with E-state index in [9.17, 15) is 13.2 Å². The van der Waals surface area contributed by atoms with Crippen LogP contribution in [0.15, 0.2) is 24.3 Å². The second-order valence-corrected chi connectivity index (χ2v) is 10.5. The van der Waals surface area contributed by atoms with E-state index in [-0.39, 0.29) is 29.5 Å². The maximum Gasteiger partial charge on any atom is 0.241 e. The van der Waals surface area contributed by atoms with Gasteiger partial charge in [-0.2, -0.15) is 0 Å². The molecule has 6 heteroatoms. The van der Waals surface area contributed by atoms with Gasteiger partial charge in [0.1, 0.15) is 0 Å². The Labute approximate surface area is 157 Å². The topological polar surface area (TPSA) is 57.7 Å². The summed E-state index contributed by atoms with van der Waals surface area (Å²) in [4.78, 5) is 16.7. The Kier molecular flexibility index (Phi) is 5.45. The van der Waals surface area contributed by atoms with Crippen LogP contribution >= 0.6 is 0 Å². The van der Waals surface area contributed by atoms with Gasteiger partial charge in [0.15, 0.2) is 9.84 Å². The second kappa shape index (κ2) is 7.31. The molecule has 2 aliphatic rings. The average molecular weight is 379 g/mol. The number of piperazine rings is 1. The summed E-state index contributed by atoms with van der Waals surface area (Å²) < 4.78 is 24.7. The zero-order valence-electron chi connectivity index (χ0n) is 16.2. The molecule has 0 aromatic heterocycles. The number of carbonyl (C=O) groups excluding carboxylic acids is 1. The summed E-state index contributed by atoms with van der Waals surface area (Å²) >= 11 is 0. The standard InChI is InChI=1S/C20H30N2O3S/c1-14(2)9-10-21-11-20(23)22(19-13-26(24,25)12-18(19)21)17-7-5-16(6-8-17)15(3)4/h5-8,14-15,18-19H,9-13H2,1-4H3/t18-,19-/m1/s1. The predicted molar refractivity (Wildman–Crippen MR) is 105 cm³/mol. The van der Waals surface area contributed by atoms with Gasteiger partial charge in [-0.3, -0.25) is 9.69 Å². The van der Waals surface area contributed by atoms with Gasteiger partial charge < -0.3 is 4.90 Å². The molecule has 0 saturated carbocycles. The molecule has 2 heterocycles. The van der Waals surface area contributed by atoms with Crippen molar-refractivity contribution in [1.82, 2.24) is 4.90 Å². The molecule has 0 bridgehead atoms. The zero-order chi connectivity index (χ0) is 19.1. The highest BCUT2D eigenvalue weighted by atomic mass is 32.2. The number of hydrogen-bond acceptors (Lipinski definition) is 4. The molecule has 2 fully saturated rings. The van der Waals surface area contributed by atoms with Crippen LogP contribution in [0, 0.1) is 5.92 Å². The summed E-state index contributed by atoms with van der Waals surface area (Å²) in [5.41, 5.74) is 2.03. The first-order valence-corrected chi connectivity index (χ1v) is 11.4. The number of sulfone groups is 1. The summed E-state index contributed by atoms with van der Waals surface area (Å²) in [5, 5.41) is 0. The highest BCUT2D eigenvalue weighted by Crippen LogP contribution is 2.32. The van der Waals surface area contributed by atoms with Crippen LogP contribution in [-0.2, 0) is 14.6 Å². The van der Waals surface area contributed by atoms with E-state index in [1.165, 1.54) is 5.56 Å². The van der Waals surface area contributed by atoms with Crippen LogP contribution in [0.1, 0.15) is 45.6 Å². The molecule has 5 nitrogen and oxygen atoms in total. The number of hydrogen-bond donors (Lipinski definition) is 0. The SMILES string of the molecule is CC(C)CCN1CC(=O)N(c2ccc(C(C)C)cc2)[C@@H]2CS(=O)(=O)C[C@H]21. The highest BCUT2D eigenvalue weighted by molar-refractivity contribution is 7.91. The van der Waals surface area contributed by atoms with Gasteiger partial charge in [-0.25, -0.2) is 8.42 Å². The van der Waals surface area contributed by atoms with Crippen molar-refractivity contribution in [3.8, 4) is 0 Å². The molecule has 0 spiro atoms. The van der Waals surface area contributed by atoms with Crippen molar-refractivity contribution in [1.29, 1.82) is 0 Å². The predicted octanol–water partition coefficient (Wildman–Crippen LogP) is 2.67. The zero-order valence-corrected chi connectivity index (χ0v) is 17.0. The van der Waals surface area contributed by atoms with Crippen molar-refractivity contribution in [2.45, 2.75) is 52.1 Å². The fourth-order valence-electron chi connectivity index (χ4n) is 3.98. The molecule has 2 aliphatic heterocycles. The van der Waals surface area contributed by atoms with Crippen LogP contribution in [0.5, 0.6) is 0 Å². The van der Waals surface area contributed by atoms with Crippen molar-refractivity contribution in [2.24, 2.45) is 5.92 Å². The molecular weight excluding hydrogens is 348 g/mol. The fourth-order valence-corrected chi connectivity index (χ4v) is 5.96. The van der Waals surface area contributed by atoms with Crippen molar-refractivity contribution in [3.05, 3.63) is 29.8 Å². The molecule has 144 valence electrons. The van der Waals surface area contributed by atoms with Crippen molar-refractivity contribution in [2.75, 3.05) is 29.5 Å². The summed E-state index contributed by atoms with van der Waals surface area (Å²) in [6.07, 6.45) is 0.972. The van der Waals surface area contributed by atoms with E-state index in [2.05, 4.69) is 32.6 Å². The third-order valence-corrected chi connectivity index (χ3v) is 7.23. The molecule has 0 aliphatic carbocycles. The van der Waals surface area contributed by atoms with Crippen molar-refractivity contribution >= 4 is 21.4 Å². The quantitative estimate of drug-likeness (QED) is 0.790. The first-order valence-electron chi connectivity index (χ1n) is 9.54. The van der Waals surface area contributed by atoms with E-state index in [0.717, 1.165) is 18.7 Å². The van der Waals surface area contributed by atoms with E-state index >= 15 is 0 Å². The van der Waals surface area contributed by atoms with E-state index in [1.54, 1.807) is 4.90 Å². The number of rotatable bonds is 5. The van der Waals surface area contributed by atoms with Crippen LogP contribution < -0.4 is 4.90 Å². The lowest BCUT2D eigenvalue weighted by Gasteiger charge is -2.43. The fraction of sp³-hybridized carbons (Fsp3) is 0.650. The lowest BCUT2D eigenvalue weighted by Crippen LogP contribution is -2.62. The molecule has 2 saturated heterocycles. The highest BCUT2D eigenvalue weighted by Gasteiger charge is 2.49. The Morgan fingerprint density at radius 2 is 1.65 bits per heavy atom.